The largest absolute Gasteiger partial charge is 0.321 e. The van der Waals surface area contributed by atoms with E-state index < -0.39 is 0 Å². The van der Waals surface area contributed by atoms with Crippen LogP contribution in [0.25, 0.3) is 0 Å². The van der Waals surface area contributed by atoms with Crippen LogP contribution in [0.1, 0.15) is 57.4 Å². The van der Waals surface area contributed by atoms with Crippen LogP contribution < -0.4 is 5.32 Å². The van der Waals surface area contributed by atoms with Gasteiger partial charge in [0.25, 0.3) is 5.91 Å². The topological polar surface area (TPSA) is 29.1 Å². The molecule has 3 heteroatoms. The molecule has 1 atom stereocenters. The zero-order valence-electron chi connectivity index (χ0n) is 14.6. The lowest BCUT2D eigenvalue weighted by Crippen LogP contribution is -2.51. The fraction of sp³-hybridized carbons (Fsp3) is 0.632. The molecule has 0 bridgehead atoms. The number of benzene rings is 1. The zero-order valence-corrected chi connectivity index (χ0v) is 14.6. The molecular formula is C19H31N2O+. The molecule has 0 spiro atoms. The Balaban J connectivity index is 1.91. The van der Waals surface area contributed by atoms with Crippen molar-refractivity contribution in [2.75, 3.05) is 26.0 Å². The van der Waals surface area contributed by atoms with Crippen molar-refractivity contribution in [1.82, 2.24) is 0 Å². The van der Waals surface area contributed by atoms with Crippen molar-refractivity contribution in [1.29, 1.82) is 0 Å². The molecule has 2 rings (SSSR count). The Bertz CT molecular complexity index is 487. The lowest BCUT2D eigenvalue weighted by atomic mass is 9.99. The molecular weight excluding hydrogens is 272 g/mol. The van der Waals surface area contributed by atoms with Gasteiger partial charge in [-0.3, -0.25) is 4.79 Å². The van der Waals surface area contributed by atoms with Gasteiger partial charge in [0.15, 0.2) is 6.54 Å². The first kappa shape index (κ1) is 17.0. The Morgan fingerprint density at radius 1 is 1.23 bits per heavy atom. The van der Waals surface area contributed by atoms with Gasteiger partial charge in [-0.1, -0.05) is 26.0 Å². The van der Waals surface area contributed by atoms with Crippen molar-refractivity contribution >= 4 is 11.6 Å². The first-order valence-electron chi connectivity index (χ1n) is 8.65. The number of nitrogens with one attached hydrogen (secondary N) is 1. The molecule has 0 unspecified atom stereocenters. The second-order valence-corrected chi connectivity index (χ2v) is 7.35. The predicted molar refractivity (Wildman–Crippen MR) is 93.0 cm³/mol. The van der Waals surface area contributed by atoms with E-state index in [9.17, 15) is 4.79 Å². The fourth-order valence-corrected chi connectivity index (χ4v) is 3.43. The van der Waals surface area contributed by atoms with E-state index in [2.05, 4.69) is 45.4 Å². The molecule has 1 aromatic carbocycles. The summed E-state index contributed by atoms with van der Waals surface area (Å²) in [6, 6.07) is 8.93. The third kappa shape index (κ3) is 4.33. The highest BCUT2D eigenvalue weighted by molar-refractivity contribution is 5.91. The number of anilines is 1. The molecule has 0 aliphatic heterocycles. The van der Waals surface area contributed by atoms with Gasteiger partial charge in [-0.2, -0.15) is 0 Å². The third-order valence-corrected chi connectivity index (χ3v) is 5.24. The highest BCUT2D eigenvalue weighted by Gasteiger charge is 2.32. The number of quaternary nitrogens is 1. The van der Waals surface area contributed by atoms with Crippen LogP contribution >= 0.6 is 0 Å². The number of amides is 1. The Kier molecular flexibility index (Phi) is 5.63. The van der Waals surface area contributed by atoms with Crippen LogP contribution in [-0.2, 0) is 4.79 Å². The average Bonchev–Trinajstić information content (AvgIpc) is 3.01. The first-order valence-corrected chi connectivity index (χ1v) is 8.65. The van der Waals surface area contributed by atoms with Gasteiger partial charge in [0.1, 0.15) is 0 Å². The van der Waals surface area contributed by atoms with E-state index in [0.717, 1.165) is 16.6 Å². The molecule has 0 heterocycles. The first-order chi connectivity index (χ1) is 10.4. The summed E-state index contributed by atoms with van der Waals surface area (Å²) in [7, 11) is 4.36. The van der Waals surface area contributed by atoms with Crippen LogP contribution in [0, 0.1) is 0 Å². The standard InChI is InChI=1S/C19H30N2O/c1-5-15(2)16-10-12-17(13-11-16)20-19(22)14-21(3,4)18-8-6-7-9-18/h10-13,15,18H,5-9,14H2,1-4H3/p+1/t15-/m0/s1. The van der Waals surface area contributed by atoms with Gasteiger partial charge >= 0.3 is 0 Å². The Labute approximate surface area is 135 Å². The number of likely N-dealkylation sites (N-methyl/N-ethyl adjacent to an activating group) is 1. The summed E-state index contributed by atoms with van der Waals surface area (Å²) in [4.78, 5) is 12.3. The molecule has 0 aromatic heterocycles. The molecule has 0 radical (unpaired) electrons. The van der Waals surface area contributed by atoms with E-state index in [4.69, 9.17) is 0 Å². The molecule has 1 fully saturated rings. The lowest BCUT2D eigenvalue weighted by molar-refractivity contribution is -0.906. The van der Waals surface area contributed by atoms with Gasteiger partial charge in [0.2, 0.25) is 0 Å². The maximum Gasteiger partial charge on any atom is 0.279 e. The Morgan fingerprint density at radius 3 is 2.36 bits per heavy atom. The van der Waals surface area contributed by atoms with Gasteiger partial charge in [-0.05, 0) is 55.7 Å². The fourth-order valence-electron chi connectivity index (χ4n) is 3.43. The van der Waals surface area contributed by atoms with E-state index in [0.29, 0.717) is 18.5 Å². The van der Waals surface area contributed by atoms with Crippen molar-refractivity contribution in [3.05, 3.63) is 29.8 Å². The third-order valence-electron chi connectivity index (χ3n) is 5.24. The van der Waals surface area contributed by atoms with E-state index >= 15 is 0 Å². The zero-order chi connectivity index (χ0) is 16.2. The van der Waals surface area contributed by atoms with E-state index in [1.54, 1.807) is 0 Å². The highest BCUT2D eigenvalue weighted by atomic mass is 16.2. The number of carbonyl (C=O) groups is 1. The van der Waals surface area contributed by atoms with E-state index in [1.807, 2.05) is 12.1 Å². The maximum atomic E-state index is 12.3. The van der Waals surface area contributed by atoms with E-state index in [1.165, 1.54) is 31.2 Å². The highest BCUT2D eigenvalue weighted by Crippen LogP contribution is 2.26. The lowest BCUT2D eigenvalue weighted by Gasteiger charge is -2.35. The number of nitrogens with zero attached hydrogens (tertiary/aromatic N) is 1. The summed E-state index contributed by atoms with van der Waals surface area (Å²) >= 11 is 0. The quantitative estimate of drug-likeness (QED) is 0.786. The SMILES string of the molecule is CC[C@H](C)c1ccc(NC(=O)C[N+](C)(C)C2CCCC2)cc1. The Hall–Kier alpha value is -1.35. The van der Waals surface area contributed by atoms with Gasteiger partial charge in [0, 0.05) is 5.69 Å². The summed E-state index contributed by atoms with van der Waals surface area (Å²) in [5, 5.41) is 3.05. The summed E-state index contributed by atoms with van der Waals surface area (Å²) < 4.78 is 0.802. The van der Waals surface area contributed by atoms with Crippen LogP contribution in [0.4, 0.5) is 5.69 Å². The van der Waals surface area contributed by atoms with Gasteiger partial charge in [-0.25, -0.2) is 0 Å². The second kappa shape index (κ2) is 7.28. The monoisotopic (exact) mass is 303 g/mol. The molecule has 3 nitrogen and oxygen atoms in total. The van der Waals surface area contributed by atoms with E-state index in [-0.39, 0.29) is 5.91 Å². The molecule has 0 saturated heterocycles. The Morgan fingerprint density at radius 2 is 1.82 bits per heavy atom. The molecule has 1 amide bonds. The van der Waals surface area contributed by atoms with Gasteiger partial charge in [-0.15, -0.1) is 0 Å². The van der Waals surface area contributed by atoms with Crippen molar-refractivity contribution in [3.8, 4) is 0 Å². The number of carbonyl (C=O) groups excluding carboxylic acids is 1. The summed E-state index contributed by atoms with van der Waals surface area (Å²) in [5.41, 5.74) is 2.24. The van der Waals surface area contributed by atoms with Crippen molar-refractivity contribution in [2.45, 2.75) is 57.9 Å². The number of hydrogen-bond acceptors (Lipinski definition) is 1. The molecule has 1 saturated carbocycles. The summed E-state index contributed by atoms with van der Waals surface area (Å²) in [6.45, 7) is 4.98. The maximum absolute atomic E-state index is 12.3. The number of rotatable bonds is 6. The van der Waals surface area contributed by atoms with Crippen LogP contribution in [-0.4, -0.2) is 37.1 Å². The molecule has 1 aliphatic carbocycles. The molecule has 1 aliphatic rings. The summed E-state index contributed by atoms with van der Waals surface area (Å²) in [5.74, 6) is 0.691. The summed E-state index contributed by atoms with van der Waals surface area (Å²) in [6.07, 6.45) is 6.27. The normalized spacial score (nSPS) is 17.5. The van der Waals surface area contributed by atoms with Gasteiger partial charge in [0.05, 0.1) is 20.1 Å². The molecule has 1 N–H and O–H groups in total. The molecule has 22 heavy (non-hydrogen) atoms. The molecule has 1 aromatic rings. The van der Waals surface area contributed by atoms with Crippen LogP contribution in [0.15, 0.2) is 24.3 Å². The number of hydrogen-bond donors (Lipinski definition) is 1. The predicted octanol–water partition coefficient (Wildman–Crippen LogP) is 4.16. The molecule has 122 valence electrons. The van der Waals surface area contributed by atoms with Crippen LogP contribution in [0.2, 0.25) is 0 Å². The minimum atomic E-state index is 0.119. The minimum Gasteiger partial charge on any atom is -0.321 e. The smallest absolute Gasteiger partial charge is 0.279 e. The van der Waals surface area contributed by atoms with Crippen LogP contribution in [0.3, 0.4) is 0 Å². The van der Waals surface area contributed by atoms with Crippen molar-refractivity contribution in [3.63, 3.8) is 0 Å². The average molecular weight is 303 g/mol. The van der Waals surface area contributed by atoms with Gasteiger partial charge < -0.3 is 9.80 Å². The van der Waals surface area contributed by atoms with Crippen molar-refractivity contribution in [2.24, 2.45) is 0 Å². The minimum absolute atomic E-state index is 0.119. The van der Waals surface area contributed by atoms with Crippen LogP contribution in [0.5, 0.6) is 0 Å². The van der Waals surface area contributed by atoms with Crippen molar-refractivity contribution < 1.29 is 9.28 Å². The second-order valence-electron chi connectivity index (χ2n) is 7.35.